The van der Waals surface area contributed by atoms with Gasteiger partial charge in [-0.2, -0.15) is 13.2 Å². The number of nitrogens with zero attached hydrogens (tertiary/aromatic N) is 5. The van der Waals surface area contributed by atoms with Crippen LogP contribution >= 0.6 is 11.6 Å². The lowest BCUT2D eigenvalue weighted by molar-refractivity contribution is -0.152. The van der Waals surface area contributed by atoms with Gasteiger partial charge in [0.25, 0.3) is 11.8 Å². The molecule has 4 aliphatic rings. The zero-order valence-electron chi connectivity index (χ0n) is 35.1. The average Bonchev–Trinajstić information content (AvgIpc) is 3.42. The number of fused-ring (bicyclic) bond motifs is 1. The second-order valence-corrected chi connectivity index (χ2v) is 17.1. The third-order valence-electron chi connectivity index (χ3n) is 12.5. The van der Waals surface area contributed by atoms with E-state index in [1.807, 2.05) is 24.3 Å². The molecule has 2 aromatic carbocycles. The Hall–Kier alpha value is -5.26. The fourth-order valence-corrected chi connectivity index (χ4v) is 9.08. The van der Waals surface area contributed by atoms with Crippen LogP contribution in [0, 0.1) is 11.8 Å². The summed E-state index contributed by atoms with van der Waals surface area (Å²) in [6.07, 6.45) is -3.14. The summed E-state index contributed by atoms with van der Waals surface area (Å²) in [5.74, 6) is -1.10. The van der Waals surface area contributed by atoms with Crippen LogP contribution in [0.1, 0.15) is 68.1 Å². The third-order valence-corrected chi connectivity index (χ3v) is 12.9. The monoisotopic (exact) mass is 889 g/mol. The third kappa shape index (κ3) is 11.6. The largest absolute Gasteiger partial charge is 0.456 e. The first-order valence-electron chi connectivity index (χ1n) is 21.2. The number of nitrogens with two attached hydrogens (primary N) is 1. The predicted molar refractivity (Wildman–Crippen MR) is 223 cm³/mol. The van der Waals surface area contributed by atoms with Crippen molar-refractivity contribution in [3.05, 3.63) is 58.1 Å². The fourth-order valence-electron chi connectivity index (χ4n) is 8.84. The number of hydrogen-bond acceptors (Lipinski definition) is 9. The first-order chi connectivity index (χ1) is 29.5. The van der Waals surface area contributed by atoms with E-state index >= 15 is 0 Å². The number of likely N-dealkylation sites (N-methyl/N-ethyl adjacent to an activating group) is 1. The number of nitrogen functional groups attached to an aromatic ring is 1. The topological polar surface area (TPSA) is 175 Å². The van der Waals surface area contributed by atoms with Crippen molar-refractivity contribution < 1.29 is 51.4 Å². The number of alkyl halides is 3. The van der Waals surface area contributed by atoms with Crippen molar-refractivity contribution in [3.63, 3.8) is 0 Å². The number of benzene rings is 2. The highest BCUT2D eigenvalue weighted by Crippen LogP contribution is 2.39. The molecule has 1 unspecified atom stereocenters. The molecule has 0 saturated carbocycles. The van der Waals surface area contributed by atoms with E-state index in [1.165, 1.54) is 15.9 Å². The highest BCUT2D eigenvalue weighted by atomic mass is 35.5. The van der Waals surface area contributed by atoms with Crippen molar-refractivity contribution in [1.82, 2.24) is 24.5 Å². The zero-order valence-corrected chi connectivity index (χ0v) is 35.8. The van der Waals surface area contributed by atoms with Gasteiger partial charge in [-0.15, -0.1) is 0 Å². The highest BCUT2D eigenvalue weighted by Gasteiger charge is 2.39. The summed E-state index contributed by atoms with van der Waals surface area (Å²) in [6.45, 7) is 2.36. The maximum atomic E-state index is 14.2. The van der Waals surface area contributed by atoms with E-state index in [2.05, 4.69) is 5.32 Å². The molecule has 2 aromatic rings. The Morgan fingerprint density at radius 1 is 0.871 bits per heavy atom. The SMILES string of the molecule is CN(C)C(=O)COC(=O)CCC(=O)N1CCC(C2CCN(C(=O)C(Cc3cc(Cl)c(N)c(C(F)(F)F)c3)OC(=O)N3CCC(N4CCc5ccccc5NC4=O)CC3)CC2)CC1. The molecule has 4 heterocycles. The minimum Gasteiger partial charge on any atom is -0.456 e. The summed E-state index contributed by atoms with van der Waals surface area (Å²) < 4.78 is 52.6. The summed E-state index contributed by atoms with van der Waals surface area (Å²) in [7, 11) is 3.10. The maximum absolute atomic E-state index is 14.2. The number of amides is 6. The molecule has 19 heteroatoms. The molecule has 0 radical (unpaired) electrons. The van der Waals surface area contributed by atoms with E-state index in [4.69, 9.17) is 26.8 Å². The van der Waals surface area contributed by atoms with Gasteiger partial charge in [-0.25, -0.2) is 9.59 Å². The Morgan fingerprint density at radius 2 is 1.48 bits per heavy atom. The van der Waals surface area contributed by atoms with Gasteiger partial charge in [-0.3, -0.25) is 19.2 Å². The lowest BCUT2D eigenvalue weighted by Gasteiger charge is -2.41. The Labute approximate surface area is 363 Å². The van der Waals surface area contributed by atoms with Crippen molar-refractivity contribution in [3.8, 4) is 0 Å². The molecule has 6 amide bonds. The fraction of sp³-hybridized carbons (Fsp3) is 0.581. The number of carbonyl (C=O) groups is 6. The average molecular weight is 890 g/mol. The molecule has 62 heavy (non-hydrogen) atoms. The van der Waals surface area contributed by atoms with E-state index in [-0.39, 0.29) is 79.4 Å². The molecule has 6 rings (SSSR count). The number of piperidine rings is 3. The van der Waals surface area contributed by atoms with Gasteiger partial charge in [0.1, 0.15) is 0 Å². The van der Waals surface area contributed by atoms with E-state index in [9.17, 15) is 41.9 Å². The summed E-state index contributed by atoms with van der Waals surface area (Å²) in [5, 5.41) is 2.64. The van der Waals surface area contributed by atoms with Crippen LogP contribution in [0.3, 0.4) is 0 Å². The summed E-state index contributed by atoms with van der Waals surface area (Å²) in [5.41, 5.74) is 5.73. The molecule has 15 nitrogen and oxygen atoms in total. The predicted octanol–water partition coefficient (Wildman–Crippen LogP) is 5.43. The molecule has 1 atom stereocenters. The Balaban J connectivity index is 1.03. The lowest BCUT2D eigenvalue weighted by Crippen LogP contribution is -2.52. The van der Waals surface area contributed by atoms with E-state index in [0.717, 1.165) is 30.2 Å². The van der Waals surface area contributed by atoms with Gasteiger partial charge in [0, 0.05) is 84.5 Å². The molecule has 3 fully saturated rings. The van der Waals surface area contributed by atoms with Gasteiger partial charge in [0.15, 0.2) is 12.7 Å². The number of rotatable bonds is 11. The number of carbonyl (C=O) groups excluding carboxylic acids is 6. The number of urea groups is 1. The first-order valence-corrected chi connectivity index (χ1v) is 21.5. The Morgan fingerprint density at radius 3 is 2.11 bits per heavy atom. The van der Waals surface area contributed by atoms with Crippen molar-refractivity contribution in [2.75, 3.05) is 77.6 Å². The molecule has 3 N–H and O–H groups in total. The van der Waals surface area contributed by atoms with Gasteiger partial charge in [0.05, 0.1) is 22.7 Å². The molecule has 0 aromatic heterocycles. The molecular weight excluding hydrogens is 835 g/mol. The number of anilines is 2. The van der Waals surface area contributed by atoms with Gasteiger partial charge in [-0.1, -0.05) is 29.8 Å². The maximum Gasteiger partial charge on any atom is 0.418 e. The van der Waals surface area contributed by atoms with Crippen LogP contribution in [0.2, 0.25) is 5.02 Å². The Bertz CT molecular complexity index is 1980. The molecular formula is C43H55ClF3N7O8. The van der Waals surface area contributed by atoms with E-state index in [1.54, 1.807) is 28.8 Å². The zero-order chi connectivity index (χ0) is 44.7. The number of likely N-dealkylation sites (tertiary alicyclic amines) is 3. The van der Waals surface area contributed by atoms with Crippen LogP contribution in [0.5, 0.6) is 0 Å². The van der Waals surface area contributed by atoms with Crippen LogP contribution in [-0.2, 0) is 47.7 Å². The molecule has 0 bridgehead atoms. The summed E-state index contributed by atoms with van der Waals surface area (Å²) in [4.78, 5) is 85.5. The van der Waals surface area contributed by atoms with Gasteiger partial charge in [0.2, 0.25) is 5.91 Å². The molecule has 0 aliphatic carbocycles. The highest BCUT2D eigenvalue weighted by molar-refractivity contribution is 6.33. The Kier molecular flexibility index (Phi) is 15.1. The number of ether oxygens (including phenoxy) is 2. The van der Waals surface area contributed by atoms with E-state index in [0.29, 0.717) is 70.7 Å². The summed E-state index contributed by atoms with van der Waals surface area (Å²) >= 11 is 6.14. The van der Waals surface area contributed by atoms with Crippen LogP contribution in [-0.4, -0.2) is 139 Å². The number of nitrogens with one attached hydrogen (secondary N) is 1. The first kappa shape index (κ1) is 46.2. The number of esters is 1. The van der Waals surface area contributed by atoms with Crippen molar-refractivity contribution >= 4 is 58.8 Å². The molecule has 0 spiro atoms. The minimum absolute atomic E-state index is 0.0166. The second kappa shape index (κ2) is 20.3. The number of para-hydroxylation sites is 1. The smallest absolute Gasteiger partial charge is 0.418 e. The van der Waals surface area contributed by atoms with Crippen molar-refractivity contribution in [2.24, 2.45) is 11.8 Å². The van der Waals surface area contributed by atoms with Gasteiger partial charge >= 0.3 is 24.3 Å². The normalized spacial score (nSPS) is 18.6. The quantitative estimate of drug-likeness (QED) is 0.220. The van der Waals surface area contributed by atoms with Crippen molar-refractivity contribution in [2.45, 2.75) is 82.5 Å². The lowest BCUT2D eigenvalue weighted by atomic mass is 9.78. The van der Waals surface area contributed by atoms with Crippen LogP contribution < -0.4 is 11.1 Å². The second-order valence-electron chi connectivity index (χ2n) is 16.7. The molecule has 3 saturated heterocycles. The number of halogens is 4. The standard InChI is InChI=1S/C43H55ClF3N7O8/c1-50(2)37(56)26-61-38(57)8-7-36(55)51-16-9-28(10-17-51)29-11-18-52(19-12-29)40(58)35(25-27-23-32(43(45,46)47)39(48)33(44)24-27)62-42(60)53-20-14-31(15-21-53)54-22-13-30-5-3-4-6-34(30)49-41(54)59/h3-6,23-24,28-29,31,35H,7-22,25-26,48H2,1-2H3,(H,49,59). The molecule has 338 valence electrons. The van der Waals surface area contributed by atoms with E-state index < -0.39 is 41.5 Å². The van der Waals surface area contributed by atoms with Crippen LogP contribution in [0.4, 0.5) is 34.1 Å². The van der Waals surface area contributed by atoms with Gasteiger partial charge in [-0.05, 0) is 86.1 Å². The van der Waals surface area contributed by atoms with Crippen LogP contribution in [0.25, 0.3) is 0 Å². The number of hydrogen-bond donors (Lipinski definition) is 2. The van der Waals surface area contributed by atoms with Gasteiger partial charge < -0.3 is 45.0 Å². The summed E-state index contributed by atoms with van der Waals surface area (Å²) in [6, 6.07) is 9.35. The molecule has 4 aliphatic heterocycles. The van der Waals surface area contributed by atoms with Crippen LogP contribution in [0.15, 0.2) is 36.4 Å². The minimum atomic E-state index is -4.81. The van der Waals surface area contributed by atoms with Crippen molar-refractivity contribution in [1.29, 1.82) is 0 Å².